The maximum absolute atomic E-state index is 7.46. The molecule has 5 heteroatoms. The average molecular weight is 248 g/mol. The van der Waals surface area contributed by atoms with Gasteiger partial charge in [0, 0.05) is 31.5 Å². The van der Waals surface area contributed by atoms with Gasteiger partial charge in [-0.2, -0.15) is 0 Å². The fourth-order valence-electron chi connectivity index (χ4n) is 2.28. The molecule has 0 radical (unpaired) electrons. The van der Waals surface area contributed by atoms with E-state index in [0.717, 1.165) is 43.9 Å². The van der Waals surface area contributed by atoms with Crippen LogP contribution in [0.25, 0.3) is 0 Å². The zero-order valence-corrected chi connectivity index (χ0v) is 10.7. The number of nitrogens with one attached hydrogen (secondary N) is 1. The number of pyridine rings is 1. The Morgan fingerprint density at radius 2 is 2.50 bits per heavy atom. The van der Waals surface area contributed by atoms with Crippen molar-refractivity contribution >= 4 is 11.7 Å². The van der Waals surface area contributed by atoms with Crippen LogP contribution in [0.2, 0.25) is 0 Å². The van der Waals surface area contributed by atoms with Gasteiger partial charge in [-0.3, -0.25) is 5.41 Å². The van der Waals surface area contributed by atoms with Crippen molar-refractivity contribution in [2.24, 2.45) is 5.73 Å². The van der Waals surface area contributed by atoms with Crippen molar-refractivity contribution in [3.8, 4) is 0 Å². The van der Waals surface area contributed by atoms with Crippen molar-refractivity contribution in [1.29, 1.82) is 5.41 Å². The highest BCUT2D eigenvalue weighted by molar-refractivity contribution is 5.95. The molecule has 3 N–H and O–H groups in total. The monoisotopic (exact) mass is 248 g/mol. The minimum Gasteiger partial charge on any atom is -0.384 e. The minimum absolute atomic E-state index is 0.0806. The standard InChI is InChI=1S/C13H20N4O/c1-2-18-11-4-3-7-17(9-11)12-8-10(13(14)15)5-6-16-12/h5-6,8,11H,2-4,7,9H2,1H3,(H3,14,15). The van der Waals surface area contributed by atoms with E-state index in [1.807, 2.05) is 13.0 Å². The molecule has 1 saturated heterocycles. The average Bonchev–Trinajstić information content (AvgIpc) is 2.39. The summed E-state index contributed by atoms with van der Waals surface area (Å²) in [7, 11) is 0. The van der Waals surface area contributed by atoms with E-state index in [1.54, 1.807) is 12.3 Å². The first-order valence-corrected chi connectivity index (χ1v) is 6.37. The fraction of sp³-hybridized carbons (Fsp3) is 0.538. The van der Waals surface area contributed by atoms with E-state index in [4.69, 9.17) is 15.9 Å². The Balaban J connectivity index is 2.10. The molecule has 98 valence electrons. The molecule has 2 heterocycles. The first kappa shape index (κ1) is 12.8. The van der Waals surface area contributed by atoms with Crippen molar-refractivity contribution in [3.63, 3.8) is 0 Å². The third-order valence-corrected chi connectivity index (χ3v) is 3.16. The first-order chi connectivity index (χ1) is 8.70. The highest BCUT2D eigenvalue weighted by Gasteiger charge is 2.21. The van der Waals surface area contributed by atoms with Gasteiger partial charge in [0.1, 0.15) is 11.7 Å². The third kappa shape index (κ3) is 2.98. The van der Waals surface area contributed by atoms with Gasteiger partial charge in [0.05, 0.1) is 6.10 Å². The Bertz CT molecular complexity index is 419. The van der Waals surface area contributed by atoms with Crippen molar-refractivity contribution in [2.75, 3.05) is 24.6 Å². The van der Waals surface area contributed by atoms with E-state index in [-0.39, 0.29) is 11.9 Å². The van der Waals surface area contributed by atoms with E-state index in [9.17, 15) is 0 Å². The summed E-state index contributed by atoms with van der Waals surface area (Å²) in [6.45, 7) is 4.62. The normalized spacial score (nSPS) is 19.8. The van der Waals surface area contributed by atoms with Crippen LogP contribution in [-0.4, -0.2) is 36.6 Å². The summed E-state index contributed by atoms with van der Waals surface area (Å²) < 4.78 is 5.68. The van der Waals surface area contributed by atoms with Crippen LogP contribution < -0.4 is 10.6 Å². The number of piperidine rings is 1. The zero-order chi connectivity index (χ0) is 13.0. The lowest BCUT2D eigenvalue weighted by atomic mass is 10.1. The summed E-state index contributed by atoms with van der Waals surface area (Å²) in [6, 6.07) is 3.63. The molecule has 1 aromatic heterocycles. The lowest BCUT2D eigenvalue weighted by molar-refractivity contribution is 0.0525. The summed E-state index contributed by atoms with van der Waals surface area (Å²) in [6.07, 6.45) is 4.20. The van der Waals surface area contributed by atoms with Crippen LogP contribution in [0, 0.1) is 5.41 Å². The van der Waals surface area contributed by atoms with Gasteiger partial charge < -0.3 is 15.4 Å². The number of anilines is 1. The van der Waals surface area contributed by atoms with E-state index < -0.39 is 0 Å². The molecule has 0 spiro atoms. The smallest absolute Gasteiger partial charge is 0.129 e. The second-order valence-electron chi connectivity index (χ2n) is 4.48. The van der Waals surface area contributed by atoms with Crippen molar-refractivity contribution in [2.45, 2.75) is 25.9 Å². The molecule has 1 aliphatic rings. The summed E-state index contributed by atoms with van der Waals surface area (Å²) in [5.41, 5.74) is 6.22. The molecule has 18 heavy (non-hydrogen) atoms. The molecule has 5 nitrogen and oxygen atoms in total. The zero-order valence-electron chi connectivity index (χ0n) is 10.7. The lowest BCUT2D eigenvalue weighted by Crippen LogP contribution is -2.40. The molecule has 2 rings (SSSR count). The maximum Gasteiger partial charge on any atom is 0.129 e. The second-order valence-corrected chi connectivity index (χ2v) is 4.48. The SMILES string of the molecule is CCOC1CCCN(c2cc(C(=N)N)ccn2)C1. The molecule has 0 saturated carbocycles. The highest BCUT2D eigenvalue weighted by Crippen LogP contribution is 2.20. The van der Waals surface area contributed by atoms with Gasteiger partial charge in [0.2, 0.25) is 0 Å². The van der Waals surface area contributed by atoms with Gasteiger partial charge in [0.15, 0.2) is 0 Å². The van der Waals surface area contributed by atoms with Gasteiger partial charge in [-0.1, -0.05) is 0 Å². The molecule has 1 unspecified atom stereocenters. The van der Waals surface area contributed by atoms with E-state index in [1.165, 1.54) is 0 Å². The van der Waals surface area contributed by atoms with Gasteiger partial charge in [-0.05, 0) is 31.9 Å². The Morgan fingerprint density at radius 1 is 1.67 bits per heavy atom. The van der Waals surface area contributed by atoms with Crippen LogP contribution in [0.3, 0.4) is 0 Å². The number of nitrogen functional groups attached to an aromatic ring is 1. The quantitative estimate of drug-likeness (QED) is 0.623. The van der Waals surface area contributed by atoms with Gasteiger partial charge in [0.25, 0.3) is 0 Å². The number of amidine groups is 1. The van der Waals surface area contributed by atoms with Crippen molar-refractivity contribution < 1.29 is 4.74 Å². The predicted molar refractivity (Wildman–Crippen MR) is 72.1 cm³/mol. The number of ether oxygens (including phenoxy) is 1. The van der Waals surface area contributed by atoms with Crippen LogP contribution >= 0.6 is 0 Å². The Kier molecular flexibility index (Phi) is 4.15. The van der Waals surface area contributed by atoms with Crippen LogP contribution in [0.4, 0.5) is 5.82 Å². The van der Waals surface area contributed by atoms with E-state index in [2.05, 4.69) is 9.88 Å². The molecular formula is C13H20N4O. The van der Waals surface area contributed by atoms with Crippen LogP contribution in [0.5, 0.6) is 0 Å². The van der Waals surface area contributed by atoms with Crippen LogP contribution in [0.15, 0.2) is 18.3 Å². The Morgan fingerprint density at radius 3 is 3.22 bits per heavy atom. The lowest BCUT2D eigenvalue weighted by Gasteiger charge is -2.33. The molecule has 1 aromatic rings. The second kappa shape index (κ2) is 5.82. The van der Waals surface area contributed by atoms with Gasteiger partial charge in [-0.15, -0.1) is 0 Å². The largest absolute Gasteiger partial charge is 0.384 e. The third-order valence-electron chi connectivity index (χ3n) is 3.16. The number of hydrogen-bond donors (Lipinski definition) is 2. The summed E-state index contributed by atoms with van der Waals surface area (Å²) in [5.74, 6) is 0.962. The highest BCUT2D eigenvalue weighted by atomic mass is 16.5. The molecule has 1 atom stereocenters. The van der Waals surface area contributed by atoms with Crippen LogP contribution in [0.1, 0.15) is 25.3 Å². The summed E-state index contributed by atoms with van der Waals surface area (Å²) in [4.78, 5) is 6.56. The molecule has 0 aromatic carbocycles. The van der Waals surface area contributed by atoms with E-state index in [0.29, 0.717) is 0 Å². The number of nitrogens with zero attached hydrogens (tertiary/aromatic N) is 2. The summed E-state index contributed by atoms with van der Waals surface area (Å²) >= 11 is 0. The number of rotatable bonds is 4. The topological polar surface area (TPSA) is 75.2 Å². The van der Waals surface area contributed by atoms with Gasteiger partial charge >= 0.3 is 0 Å². The van der Waals surface area contributed by atoms with E-state index >= 15 is 0 Å². The number of aromatic nitrogens is 1. The molecule has 0 amide bonds. The molecule has 1 fully saturated rings. The Labute approximate surface area is 107 Å². The first-order valence-electron chi connectivity index (χ1n) is 6.37. The maximum atomic E-state index is 7.46. The predicted octanol–water partition coefficient (Wildman–Crippen LogP) is 1.37. The molecule has 0 bridgehead atoms. The molecular weight excluding hydrogens is 228 g/mol. The number of hydrogen-bond acceptors (Lipinski definition) is 4. The fourth-order valence-corrected chi connectivity index (χ4v) is 2.28. The Hall–Kier alpha value is -1.62. The van der Waals surface area contributed by atoms with Crippen molar-refractivity contribution in [3.05, 3.63) is 23.9 Å². The summed E-state index contributed by atoms with van der Waals surface area (Å²) in [5, 5.41) is 7.46. The van der Waals surface area contributed by atoms with Gasteiger partial charge in [-0.25, -0.2) is 4.98 Å². The van der Waals surface area contributed by atoms with Crippen LogP contribution in [-0.2, 0) is 4.74 Å². The number of nitrogens with two attached hydrogens (primary N) is 1. The molecule has 0 aliphatic carbocycles. The minimum atomic E-state index is 0.0806. The van der Waals surface area contributed by atoms with Crippen molar-refractivity contribution in [1.82, 2.24) is 4.98 Å². The molecule has 1 aliphatic heterocycles.